The van der Waals surface area contributed by atoms with E-state index in [2.05, 4.69) is 6.92 Å². The Morgan fingerprint density at radius 3 is 2.33 bits per heavy atom. The molecule has 1 aromatic rings. The molecule has 1 heterocycles. The maximum absolute atomic E-state index is 13.3. The smallest absolute Gasteiger partial charge is 0.263 e. The van der Waals surface area contributed by atoms with Crippen LogP contribution in [0.5, 0.6) is 0 Å². The molecule has 2 N–H and O–H groups in total. The molecule has 1 atom stereocenters. The van der Waals surface area contributed by atoms with Gasteiger partial charge in [0.25, 0.3) is 11.8 Å². The Labute approximate surface area is 196 Å². The first kappa shape index (κ1) is 24.9. The van der Waals surface area contributed by atoms with Crippen molar-refractivity contribution in [1.82, 2.24) is 14.7 Å². The molecule has 4 amide bonds. The van der Waals surface area contributed by atoms with Gasteiger partial charge in [-0.3, -0.25) is 33.9 Å². The monoisotopic (exact) mass is 456 g/mol. The van der Waals surface area contributed by atoms with Crippen molar-refractivity contribution >= 4 is 29.8 Å². The minimum atomic E-state index is -0.373. The second-order valence-electron chi connectivity index (χ2n) is 9.59. The van der Waals surface area contributed by atoms with E-state index in [0.717, 1.165) is 42.6 Å². The van der Waals surface area contributed by atoms with E-state index in [4.69, 9.17) is 5.73 Å². The molecule has 0 radical (unpaired) electrons. The van der Waals surface area contributed by atoms with Crippen molar-refractivity contribution < 1.29 is 19.2 Å². The molecule has 0 aromatic heterocycles. The number of hydrogen-bond acceptors (Lipinski definition) is 6. The largest absolute Gasteiger partial charge is 0.398 e. The van der Waals surface area contributed by atoms with Crippen LogP contribution in [0.3, 0.4) is 0 Å². The lowest BCUT2D eigenvalue weighted by molar-refractivity contribution is -0.140. The van der Waals surface area contributed by atoms with Gasteiger partial charge in [0.1, 0.15) is 0 Å². The first-order chi connectivity index (χ1) is 15.7. The average Bonchev–Trinajstić information content (AvgIpc) is 3.07. The predicted octanol–water partition coefficient (Wildman–Crippen LogP) is 2.70. The lowest BCUT2D eigenvalue weighted by Crippen LogP contribution is -2.46. The maximum Gasteiger partial charge on any atom is 0.263 e. The number of nitrogens with two attached hydrogens (primary N) is 1. The number of nitrogens with zero attached hydrogens (tertiary/aromatic N) is 3. The molecular weight excluding hydrogens is 420 g/mol. The molecule has 8 heteroatoms. The molecule has 8 nitrogen and oxygen atoms in total. The summed E-state index contributed by atoms with van der Waals surface area (Å²) in [5.74, 6) is -0.417. The van der Waals surface area contributed by atoms with Crippen molar-refractivity contribution in [3.8, 4) is 0 Å². The molecule has 1 aliphatic heterocycles. The van der Waals surface area contributed by atoms with E-state index in [0.29, 0.717) is 42.5 Å². The Morgan fingerprint density at radius 2 is 1.76 bits per heavy atom. The number of amides is 4. The number of fused-ring (bicyclic) bond motifs is 1. The SMILES string of the molecule is CCCCc1ccc(N)c2c1C(=O)N(C1CCC(CC(C(=O)N(C)C=O)N(C)C)CC1)C2=O. The van der Waals surface area contributed by atoms with Gasteiger partial charge in [0, 0.05) is 18.8 Å². The molecular formula is C25H36N4O4. The molecule has 1 saturated carbocycles. The van der Waals surface area contributed by atoms with Gasteiger partial charge in [-0.15, -0.1) is 0 Å². The lowest BCUT2D eigenvalue weighted by atomic mass is 9.81. The van der Waals surface area contributed by atoms with E-state index in [-0.39, 0.29) is 35.7 Å². The van der Waals surface area contributed by atoms with E-state index >= 15 is 0 Å². The molecule has 3 rings (SSSR count). The van der Waals surface area contributed by atoms with Crippen molar-refractivity contribution in [3.05, 3.63) is 28.8 Å². The van der Waals surface area contributed by atoms with Gasteiger partial charge in [-0.25, -0.2) is 0 Å². The van der Waals surface area contributed by atoms with Gasteiger partial charge in [-0.2, -0.15) is 0 Å². The number of benzene rings is 1. The van der Waals surface area contributed by atoms with Gasteiger partial charge in [0.2, 0.25) is 12.3 Å². The number of hydrogen-bond donors (Lipinski definition) is 1. The van der Waals surface area contributed by atoms with Crippen LogP contribution in [0.4, 0.5) is 5.69 Å². The zero-order valence-electron chi connectivity index (χ0n) is 20.2. The predicted molar refractivity (Wildman–Crippen MR) is 127 cm³/mol. The first-order valence-electron chi connectivity index (χ1n) is 11.9. The van der Waals surface area contributed by atoms with Gasteiger partial charge >= 0.3 is 0 Å². The standard InChI is InChI=1S/C25H36N4O4/c1-5-6-7-17-10-13-19(26)22-21(17)24(32)29(25(22)33)18-11-8-16(9-12-18)14-20(27(2)3)23(31)28(4)15-30/h10,13,15-16,18,20H,5-9,11-12,14,26H2,1-4H3. The van der Waals surface area contributed by atoms with Crippen LogP contribution >= 0.6 is 0 Å². The fraction of sp³-hybridized carbons (Fsp3) is 0.600. The van der Waals surface area contributed by atoms with Gasteiger partial charge in [-0.1, -0.05) is 19.4 Å². The van der Waals surface area contributed by atoms with Crippen molar-refractivity contribution in [2.24, 2.45) is 5.92 Å². The van der Waals surface area contributed by atoms with Crippen LogP contribution in [0.15, 0.2) is 12.1 Å². The zero-order chi connectivity index (χ0) is 24.3. The molecule has 1 unspecified atom stereocenters. The number of nitrogen functional groups attached to an aromatic ring is 1. The third-order valence-corrected chi connectivity index (χ3v) is 7.14. The van der Waals surface area contributed by atoms with Crippen molar-refractivity contribution in [2.45, 2.75) is 70.4 Å². The molecule has 1 aliphatic carbocycles. The van der Waals surface area contributed by atoms with Crippen LogP contribution < -0.4 is 5.73 Å². The normalized spacial score (nSPS) is 21.3. The minimum absolute atomic E-state index is 0.154. The quantitative estimate of drug-likeness (QED) is 0.348. The Balaban J connectivity index is 1.70. The molecule has 33 heavy (non-hydrogen) atoms. The topological polar surface area (TPSA) is 104 Å². The number of anilines is 1. The summed E-state index contributed by atoms with van der Waals surface area (Å²) in [6, 6.07) is 3.09. The highest BCUT2D eigenvalue weighted by atomic mass is 16.2. The highest BCUT2D eigenvalue weighted by Crippen LogP contribution is 2.38. The molecule has 0 saturated heterocycles. The fourth-order valence-corrected chi connectivity index (χ4v) is 5.15. The first-order valence-corrected chi connectivity index (χ1v) is 11.9. The molecule has 1 aromatic carbocycles. The summed E-state index contributed by atoms with van der Waals surface area (Å²) in [5, 5.41) is 0. The van der Waals surface area contributed by atoms with E-state index < -0.39 is 0 Å². The van der Waals surface area contributed by atoms with E-state index in [1.165, 1.54) is 11.9 Å². The van der Waals surface area contributed by atoms with Crippen LogP contribution in [0.1, 0.15) is 78.1 Å². The number of likely N-dealkylation sites (N-methyl/N-ethyl adjacent to an activating group) is 2. The molecule has 180 valence electrons. The van der Waals surface area contributed by atoms with Crippen molar-refractivity contribution in [2.75, 3.05) is 26.9 Å². The van der Waals surface area contributed by atoms with Crippen LogP contribution in [0.2, 0.25) is 0 Å². The number of carbonyl (C=O) groups excluding carboxylic acids is 4. The fourth-order valence-electron chi connectivity index (χ4n) is 5.15. The highest BCUT2D eigenvalue weighted by Gasteiger charge is 2.43. The Morgan fingerprint density at radius 1 is 1.12 bits per heavy atom. The minimum Gasteiger partial charge on any atom is -0.398 e. The summed E-state index contributed by atoms with van der Waals surface area (Å²) >= 11 is 0. The average molecular weight is 457 g/mol. The highest BCUT2D eigenvalue weighted by molar-refractivity contribution is 6.24. The van der Waals surface area contributed by atoms with Crippen LogP contribution in [-0.4, -0.2) is 72.1 Å². The van der Waals surface area contributed by atoms with E-state index in [1.807, 2.05) is 25.1 Å². The van der Waals surface area contributed by atoms with Crippen LogP contribution in [-0.2, 0) is 16.0 Å². The Kier molecular flexibility index (Phi) is 7.89. The third-order valence-electron chi connectivity index (χ3n) is 7.14. The summed E-state index contributed by atoms with van der Waals surface area (Å²) in [6.07, 6.45) is 6.95. The zero-order valence-corrected chi connectivity index (χ0v) is 20.2. The summed E-state index contributed by atoms with van der Waals surface area (Å²) < 4.78 is 0. The van der Waals surface area contributed by atoms with Gasteiger partial charge in [0.05, 0.1) is 17.2 Å². The molecule has 1 fully saturated rings. The summed E-state index contributed by atoms with van der Waals surface area (Å²) in [7, 11) is 5.16. The summed E-state index contributed by atoms with van der Waals surface area (Å²) in [6.45, 7) is 2.10. The Bertz CT molecular complexity index is 921. The molecule has 0 spiro atoms. The Hall–Kier alpha value is -2.74. The van der Waals surface area contributed by atoms with E-state index in [9.17, 15) is 19.2 Å². The van der Waals surface area contributed by atoms with Crippen molar-refractivity contribution in [1.29, 1.82) is 0 Å². The van der Waals surface area contributed by atoms with Crippen LogP contribution in [0.25, 0.3) is 0 Å². The third kappa shape index (κ3) is 4.95. The number of imide groups is 2. The second kappa shape index (κ2) is 10.5. The van der Waals surface area contributed by atoms with Gasteiger partial charge in [-0.05, 0) is 76.6 Å². The second-order valence-corrected chi connectivity index (χ2v) is 9.59. The van der Waals surface area contributed by atoms with Crippen molar-refractivity contribution in [3.63, 3.8) is 0 Å². The number of aryl methyl sites for hydroxylation is 1. The lowest BCUT2D eigenvalue weighted by Gasteiger charge is -2.36. The molecule has 0 bridgehead atoms. The summed E-state index contributed by atoms with van der Waals surface area (Å²) in [4.78, 5) is 54.5. The number of rotatable bonds is 9. The number of carbonyl (C=O) groups is 4. The van der Waals surface area contributed by atoms with Gasteiger partial charge < -0.3 is 5.73 Å². The van der Waals surface area contributed by atoms with Gasteiger partial charge in [0.15, 0.2) is 0 Å². The summed E-state index contributed by atoms with van der Waals surface area (Å²) in [5.41, 5.74) is 8.25. The molecule has 2 aliphatic rings. The number of unbranched alkanes of at least 4 members (excludes halogenated alkanes) is 1. The van der Waals surface area contributed by atoms with E-state index in [1.54, 1.807) is 6.07 Å². The maximum atomic E-state index is 13.3. The van der Waals surface area contributed by atoms with Crippen LogP contribution in [0, 0.1) is 5.92 Å².